The fourth-order valence-corrected chi connectivity index (χ4v) is 2.06. The van der Waals surface area contributed by atoms with E-state index in [1.807, 2.05) is 42.5 Å². The molecule has 1 atom stereocenters. The first kappa shape index (κ1) is 12.5. The van der Waals surface area contributed by atoms with E-state index in [0.29, 0.717) is 18.7 Å². The molecular weight excluding hydrogens is 254 g/mol. The number of benzene rings is 2. The minimum absolute atomic E-state index is 0.104. The minimum Gasteiger partial charge on any atom is -0.486 e. The lowest BCUT2D eigenvalue weighted by atomic mass is 10.2. The van der Waals surface area contributed by atoms with Gasteiger partial charge in [-0.15, -0.1) is 0 Å². The Morgan fingerprint density at radius 1 is 1.05 bits per heavy atom. The summed E-state index contributed by atoms with van der Waals surface area (Å²) in [5, 5.41) is 2.86. The summed E-state index contributed by atoms with van der Waals surface area (Å²) >= 11 is 0. The van der Waals surface area contributed by atoms with Crippen LogP contribution in [0.1, 0.15) is 10.4 Å². The number of amides is 1. The molecule has 1 aliphatic heterocycles. The zero-order valence-electron chi connectivity index (χ0n) is 10.9. The fraction of sp³-hybridized carbons (Fsp3) is 0.188. The molecule has 0 aromatic heterocycles. The maximum atomic E-state index is 11.9. The van der Waals surface area contributed by atoms with Crippen LogP contribution < -0.4 is 14.8 Å². The first-order valence-electron chi connectivity index (χ1n) is 6.54. The molecule has 4 nitrogen and oxygen atoms in total. The van der Waals surface area contributed by atoms with E-state index in [2.05, 4.69) is 5.32 Å². The number of carbonyl (C=O) groups excluding carboxylic acids is 1. The summed E-state index contributed by atoms with van der Waals surface area (Å²) in [6.45, 7) is 0.855. The maximum Gasteiger partial charge on any atom is 0.251 e. The summed E-state index contributed by atoms with van der Waals surface area (Å²) in [6.07, 6.45) is -0.169. The van der Waals surface area contributed by atoms with Crippen molar-refractivity contribution in [3.05, 3.63) is 60.2 Å². The van der Waals surface area contributed by atoms with E-state index >= 15 is 0 Å². The van der Waals surface area contributed by atoms with E-state index in [1.54, 1.807) is 12.1 Å². The lowest BCUT2D eigenvalue weighted by Gasteiger charge is -2.26. The molecule has 0 radical (unpaired) electrons. The molecule has 0 fully saturated rings. The zero-order valence-corrected chi connectivity index (χ0v) is 10.9. The molecule has 1 amide bonds. The maximum absolute atomic E-state index is 11.9. The Bertz CT molecular complexity index is 598. The van der Waals surface area contributed by atoms with Gasteiger partial charge in [0.2, 0.25) is 0 Å². The lowest BCUT2D eigenvalue weighted by Crippen LogP contribution is -2.40. The summed E-state index contributed by atoms with van der Waals surface area (Å²) in [5.74, 6) is 1.36. The van der Waals surface area contributed by atoms with Crippen LogP contribution in [-0.4, -0.2) is 25.2 Å². The van der Waals surface area contributed by atoms with Crippen LogP contribution in [0.15, 0.2) is 54.6 Å². The molecule has 102 valence electrons. The third-order valence-electron chi connectivity index (χ3n) is 3.09. The van der Waals surface area contributed by atoms with Crippen molar-refractivity contribution in [2.75, 3.05) is 13.2 Å². The summed E-state index contributed by atoms with van der Waals surface area (Å²) in [4.78, 5) is 11.9. The third kappa shape index (κ3) is 2.74. The SMILES string of the molecule is O=C(NC[C@H]1COc2ccccc2O1)c1ccccc1. The summed E-state index contributed by atoms with van der Waals surface area (Å²) in [5.41, 5.74) is 0.643. The molecule has 0 unspecified atom stereocenters. The molecule has 20 heavy (non-hydrogen) atoms. The van der Waals surface area contributed by atoms with Gasteiger partial charge < -0.3 is 14.8 Å². The number of ether oxygens (including phenoxy) is 2. The summed E-state index contributed by atoms with van der Waals surface area (Å²) in [7, 11) is 0. The number of para-hydroxylation sites is 2. The van der Waals surface area contributed by atoms with Crippen LogP contribution in [0.3, 0.4) is 0 Å². The zero-order chi connectivity index (χ0) is 13.8. The average Bonchev–Trinajstić information content (AvgIpc) is 2.53. The van der Waals surface area contributed by atoms with Crippen molar-refractivity contribution >= 4 is 5.91 Å². The summed E-state index contributed by atoms with van der Waals surface area (Å²) in [6, 6.07) is 16.6. The van der Waals surface area contributed by atoms with Crippen LogP contribution in [0.25, 0.3) is 0 Å². The van der Waals surface area contributed by atoms with Crippen molar-refractivity contribution in [3.63, 3.8) is 0 Å². The number of carbonyl (C=O) groups is 1. The van der Waals surface area contributed by atoms with Gasteiger partial charge in [-0.1, -0.05) is 30.3 Å². The molecule has 0 bridgehead atoms. The molecule has 1 heterocycles. The van der Waals surface area contributed by atoms with Gasteiger partial charge in [-0.2, -0.15) is 0 Å². The van der Waals surface area contributed by atoms with Crippen molar-refractivity contribution < 1.29 is 14.3 Å². The van der Waals surface area contributed by atoms with Gasteiger partial charge in [-0.25, -0.2) is 0 Å². The minimum atomic E-state index is -0.169. The van der Waals surface area contributed by atoms with Crippen LogP contribution in [0.5, 0.6) is 11.5 Å². The molecule has 1 aliphatic rings. The average molecular weight is 269 g/mol. The van der Waals surface area contributed by atoms with E-state index in [1.165, 1.54) is 0 Å². The fourth-order valence-electron chi connectivity index (χ4n) is 2.06. The highest BCUT2D eigenvalue weighted by molar-refractivity contribution is 5.94. The van der Waals surface area contributed by atoms with Gasteiger partial charge in [0.1, 0.15) is 12.7 Å². The predicted octanol–water partition coefficient (Wildman–Crippen LogP) is 2.26. The van der Waals surface area contributed by atoms with E-state index in [9.17, 15) is 4.79 Å². The number of hydrogen-bond donors (Lipinski definition) is 1. The van der Waals surface area contributed by atoms with E-state index in [-0.39, 0.29) is 12.0 Å². The second kappa shape index (κ2) is 5.65. The van der Waals surface area contributed by atoms with Gasteiger partial charge >= 0.3 is 0 Å². The van der Waals surface area contributed by atoms with Crippen molar-refractivity contribution in [2.45, 2.75) is 6.10 Å². The third-order valence-corrected chi connectivity index (χ3v) is 3.09. The Labute approximate surface area is 117 Å². The quantitative estimate of drug-likeness (QED) is 0.929. The smallest absolute Gasteiger partial charge is 0.251 e. The van der Waals surface area contributed by atoms with Crippen LogP contribution in [0.2, 0.25) is 0 Å². The number of fused-ring (bicyclic) bond motifs is 1. The van der Waals surface area contributed by atoms with Crippen molar-refractivity contribution in [1.29, 1.82) is 0 Å². The molecule has 0 saturated heterocycles. The van der Waals surface area contributed by atoms with Gasteiger partial charge in [-0.3, -0.25) is 4.79 Å². The monoisotopic (exact) mass is 269 g/mol. The van der Waals surface area contributed by atoms with E-state index < -0.39 is 0 Å². The van der Waals surface area contributed by atoms with E-state index in [0.717, 1.165) is 11.5 Å². The number of rotatable bonds is 3. The normalized spacial score (nSPS) is 16.5. The van der Waals surface area contributed by atoms with Gasteiger partial charge in [0.15, 0.2) is 11.5 Å². The number of nitrogens with one attached hydrogen (secondary N) is 1. The highest BCUT2D eigenvalue weighted by Gasteiger charge is 2.21. The Kier molecular flexibility index (Phi) is 3.54. The Morgan fingerprint density at radius 3 is 2.55 bits per heavy atom. The topological polar surface area (TPSA) is 47.6 Å². The molecule has 4 heteroatoms. The predicted molar refractivity (Wildman–Crippen MR) is 75.1 cm³/mol. The molecule has 1 N–H and O–H groups in total. The lowest BCUT2D eigenvalue weighted by molar-refractivity contribution is 0.0789. The molecule has 0 aliphatic carbocycles. The Balaban J connectivity index is 1.57. The second-order valence-electron chi connectivity index (χ2n) is 4.57. The first-order valence-corrected chi connectivity index (χ1v) is 6.54. The van der Waals surface area contributed by atoms with Crippen LogP contribution in [0.4, 0.5) is 0 Å². The van der Waals surface area contributed by atoms with Gasteiger partial charge in [-0.05, 0) is 24.3 Å². The van der Waals surface area contributed by atoms with Crippen LogP contribution in [0, 0.1) is 0 Å². The standard InChI is InChI=1S/C16H15NO3/c18-16(12-6-2-1-3-7-12)17-10-13-11-19-14-8-4-5-9-15(14)20-13/h1-9,13H,10-11H2,(H,17,18)/t13-/m0/s1. The Hall–Kier alpha value is -2.49. The molecule has 2 aromatic carbocycles. The first-order chi connectivity index (χ1) is 9.83. The van der Waals surface area contributed by atoms with Crippen molar-refractivity contribution in [2.24, 2.45) is 0 Å². The number of hydrogen-bond acceptors (Lipinski definition) is 3. The molecule has 0 spiro atoms. The highest BCUT2D eigenvalue weighted by atomic mass is 16.6. The largest absolute Gasteiger partial charge is 0.486 e. The van der Waals surface area contributed by atoms with E-state index in [4.69, 9.17) is 9.47 Å². The van der Waals surface area contributed by atoms with Crippen LogP contribution in [-0.2, 0) is 0 Å². The molecule has 3 rings (SSSR count). The second-order valence-corrected chi connectivity index (χ2v) is 4.57. The molecule has 0 saturated carbocycles. The van der Waals surface area contributed by atoms with Crippen LogP contribution >= 0.6 is 0 Å². The van der Waals surface area contributed by atoms with Gasteiger partial charge in [0.05, 0.1) is 6.54 Å². The Morgan fingerprint density at radius 2 is 1.75 bits per heavy atom. The van der Waals surface area contributed by atoms with Crippen molar-refractivity contribution in [3.8, 4) is 11.5 Å². The van der Waals surface area contributed by atoms with Gasteiger partial charge in [0.25, 0.3) is 5.91 Å². The summed E-state index contributed by atoms with van der Waals surface area (Å²) < 4.78 is 11.4. The van der Waals surface area contributed by atoms with Crippen molar-refractivity contribution in [1.82, 2.24) is 5.32 Å². The van der Waals surface area contributed by atoms with Gasteiger partial charge in [0, 0.05) is 5.56 Å². The molecule has 2 aromatic rings. The highest BCUT2D eigenvalue weighted by Crippen LogP contribution is 2.30. The molecular formula is C16H15NO3.